The summed E-state index contributed by atoms with van der Waals surface area (Å²) in [6.07, 6.45) is 0. The Morgan fingerprint density at radius 3 is 2.55 bits per heavy atom. The van der Waals surface area contributed by atoms with Crippen LogP contribution in [0.25, 0.3) is 10.4 Å². The summed E-state index contributed by atoms with van der Waals surface area (Å²) >= 11 is 1.14. The number of hydrogen-bond acceptors (Lipinski definition) is 5. The zero-order valence-corrected chi connectivity index (χ0v) is 11.4. The van der Waals surface area contributed by atoms with Gasteiger partial charge in [0.05, 0.1) is 10.6 Å². The molecule has 0 saturated heterocycles. The van der Waals surface area contributed by atoms with Gasteiger partial charge in [-0.15, -0.1) is 11.3 Å². The number of nitrogens with zero attached hydrogens (tertiary/aromatic N) is 1. The molecule has 2 N–H and O–H groups in total. The van der Waals surface area contributed by atoms with E-state index >= 15 is 0 Å². The summed E-state index contributed by atoms with van der Waals surface area (Å²) < 4.78 is 0. The van der Waals surface area contributed by atoms with E-state index in [9.17, 15) is 14.9 Å². The Hall–Kier alpha value is -2.41. The first-order chi connectivity index (χ1) is 9.52. The number of carboxylic acids is 1. The second-order valence-electron chi connectivity index (χ2n) is 3.99. The molecule has 0 unspecified atom stereocenters. The van der Waals surface area contributed by atoms with Gasteiger partial charge in [0.25, 0.3) is 5.69 Å². The van der Waals surface area contributed by atoms with Gasteiger partial charge in [0, 0.05) is 23.6 Å². The Balaban J connectivity index is 2.39. The SMILES string of the molecule is CCNc1cc(-c2ccc([N+](=O)[O-])cc2)sc1C(=O)O. The molecule has 6 nitrogen and oxygen atoms in total. The lowest BCUT2D eigenvalue weighted by Crippen LogP contribution is -2.01. The zero-order chi connectivity index (χ0) is 14.7. The number of carbonyl (C=O) groups is 1. The molecule has 1 aromatic carbocycles. The van der Waals surface area contributed by atoms with Crippen molar-refractivity contribution in [3.8, 4) is 10.4 Å². The highest BCUT2D eigenvalue weighted by Crippen LogP contribution is 2.35. The highest BCUT2D eigenvalue weighted by atomic mass is 32.1. The molecule has 1 aromatic heterocycles. The summed E-state index contributed by atoms with van der Waals surface area (Å²) in [4.78, 5) is 22.3. The molecular formula is C13H12N2O4S. The van der Waals surface area contributed by atoms with Crippen LogP contribution in [-0.2, 0) is 0 Å². The fourth-order valence-electron chi connectivity index (χ4n) is 1.76. The van der Waals surface area contributed by atoms with Gasteiger partial charge < -0.3 is 10.4 Å². The van der Waals surface area contributed by atoms with Crippen LogP contribution >= 0.6 is 11.3 Å². The maximum absolute atomic E-state index is 11.2. The van der Waals surface area contributed by atoms with Crippen LogP contribution in [0.3, 0.4) is 0 Å². The Kier molecular flexibility index (Phi) is 3.99. The second-order valence-corrected chi connectivity index (χ2v) is 5.05. The van der Waals surface area contributed by atoms with Gasteiger partial charge in [0.2, 0.25) is 0 Å². The van der Waals surface area contributed by atoms with E-state index in [1.165, 1.54) is 12.1 Å². The molecule has 7 heteroatoms. The number of anilines is 1. The third kappa shape index (κ3) is 2.77. The Morgan fingerprint density at radius 1 is 1.40 bits per heavy atom. The molecule has 0 aliphatic heterocycles. The minimum Gasteiger partial charge on any atom is -0.477 e. The largest absolute Gasteiger partial charge is 0.477 e. The second kappa shape index (κ2) is 5.70. The number of thiophene rings is 1. The minimum absolute atomic E-state index is 0.00988. The Morgan fingerprint density at radius 2 is 2.05 bits per heavy atom. The molecule has 0 radical (unpaired) electrons. The Bertz CT molecular complexity index is 649. The van der Waals surface area contributed by atoms with Gasteiger partial charge in [0.1, 0.15) is 4.88 Å². The molecule has 0 amide bonds. The molecular weight excluding hydrogens is 280 g/mol. The molecule has 0 aliphatic carbocycles. The van der Waals surface area contributed by atoms with Crippen LogP contribution in [0.4, 0.5) is 11.4 Å². The number of rotatable bonds is 5. The summed E-state index contributed by atoms with van der Waals surface area (Å²) in [6, 6.07) is 7.79. The standard InChI is InChI=1S/C13H12N2O4S/c1-2-14-10-7-11(20-12(10)13(16)17)8-3-5-9(6-4-8)15(18)19/h3-7,14H,2H2,1H3,(H,16,17). The van der Waals surface area contributed by atoms with Crippen molar-refractivity contribution in [3.63, 3.8) is 0 Å². The molecule has 0 atom stereocenters. The van der Waals surface area contributed by atoms with Gasteiger partial charge >= 0.3 is 5.97 Å². The summed E-state index contributed by atoms with van der Waals surface area (Å²) in [6.45, 7) is 2.51. The first-order valence-corrected chi connectivity index (χ1v) is 6.70. The average molecular weight is 292 g/mol. The van der Waals surface area contributed by atoms with E-state index in [2.05, 4.69) is 5.32 Å². The lowest BCUT2D eigenvalue weighted by molar-refractivity contribution is -0.384. The summed E-state index contributed by atoms with van der Waals surface area (Å²) in [5, 5.41) is 22.8. The number of aromatic carboxylic acids is 1. The van der Waals surface area contributed by atoms with Gasteiger partial charge in [-0.2, -0.15) is 0 Å². The molecule has 104 valence electrons. The van der Waals surface area contributed by atoms with Crippen molar-refractivity contribution < 1.29 is 14.8 Å². The maximum atomic E-state index is 11.2. The third-order valence-corrected chi connectivity index (χ3v) is 3.83. The topological polar surface area (TPSA) is 92.5 Å². The van der Waals surface area contributed by atoms with E-state index in [4.69, 9.17) is 5.11 Å². The number of nitro groups is 1. The third-order valence-electron chi connectivity index (χ3n) is 2.66. The fraction of sp³-hybridized carbons (Fsp3) is 0.154. The van der Waals surface area contributed by atoms with Crippen LogP contribution in [-0.4, -0.2) is 22.5 Å². The van der Waals surface area contributed by atoms with Crippen molar-refractivity contribution in [3.05, 3.63) is 45.3 Å². The molecule has 0 bridgehead atoms. The molecule has 0 fully saturated rings. The highest BCUT2D eigenvalue weighted by Gasteiger charge is 2.16. The molecule has 20 heavy (non-hydrogen) atoms. The molecule has 0 saturated carbocycles. The van der Waals surface area contributed by atoms with Crippen molar-refractivity contribution in [1.29, 1.82) is 0 Å². The van der Waals surface area contributed by atoms with Gasteiger partial charge in [-0.25, -0.2) is 4.79 Å². The van der Waals surface area contributed by atoms with Crippen LogP contribution in [0.2, 0.25) is 0 Å². The van der Waals surface area contributed by atoms with Crippen molar-refractivity contribution in [2.24, 2.45) is 0 Å². The first-order valence-electron chi connectivity index (χ1n) is 5.88. The van der Waals surface area contributed by atoms with Crippen LogP contribution in [0, 0.1) is 10.1 Å². The van der Waals surface area contributed by atoms with Gasteiger partial charge in [0.15, 0.2) is 0 Å². The van der Waals surface area contributed by atoms with Gasteiger partial charge in [-0.05, 0) is 30.7 Å². The van der Waals surface area contributed by atoms with E-state index in [0.29, 0.717) is 12.2 Å². The van der Waals surface area contributed by atoms with Crippen LogP contribution in [0.1, 0.15) is 16.6 Å². The molecule has 1 heterocycles. The molecule has 0 spiro atoms. The number of benzene rings is 1. The number of nitro benzene ring substituents is 1. The number of nitrogens with one attached hydrogen (secondary N) is 1. The lowest BCUT2D eigenvalue weighted by atomic mass is 10.1. The van der Waals surface area contributed by atoms with Crippen LogP contribution in [0.15, 0.2) is 30.3 Å². The summed E-state index contributed by atoms with van der Waals surface area (Å²) in [5.41, 5.74) is 1.33. The summed E-state index contributed by atoms with van der Waals surface area (Å²) in [5.74, 6) is -0.987. The number of hydrogen-bond donors (Lipinski definition) is 2. The normalized spacial score (nSPS) is 10.2. The molecule has 2 rings (SSSR count). The number of carboxylic acid groups (broad SMARTS) is 1. The van der Waals surface area contributed by atoms with Crippen LogP contribution in [0.5, 0.6) is 0 Å². The van der Waals surface area contributed by atoms with E-state index in [0.717, 1.165) is 21.8 Å². The lowest BCUT2D eigenvalue weighted by Gasteiger charge is -1.99. The van der Waals surface area contributed by atoms with Gasteiger partial charge in [-0.3, -0.25) is 10.1 Å². The number of non-ortho nitro benzene ring substituents is 1. The first kappa shape index (κ1) is 14.0. The van der Waals surface area contributed by atoms with Crippen LogP contribution < -0.4 is 5.32 Å². The predicted octanol–water partition coefficient (Wildman–Crippen LogP) is 3.45. The maximum Gasteiger partial charge on any atom is 0.348 e. The molecule has 0 aliphatic rings. The monoisotopic (exact) mass is 292 g/mol. The quantitative estimate of drug-likeness (QED) is 0.650. The smallest absolute Gasteiger partial charge is 0.348 e. The van der Waals surface area contributed by atoms with E-state index < -0.39 is 10.9 Å². The van der Waals surface area contributed by atoms with Crippen molar-refractivity contribution in [2.45, 2.75) is 6.92 Å². The Labute approximate surface area is 118 Å². The molecule has 2 aromatic rings. The van der Waals surface area contributed by atoms with Gasteiger partial charge in [-0.1, -0.05) is 0 Å². The predicted molar refractivity (Wildman–Crippen MR) is 77.5 cm³/mol. The van der Waals surface area contributed by atoms with Crippen molar-refractivity contribution in [1.82, 2.24) is 0 Å². The average Bonchev–Trinajstić information content (AvgIpc) is 2.83. The van der Waals surface area contributed by atoms with E-state index in [1.54, 1.807) is 18.2 Å². The van der Waals surface area contributed by atoms with E-state index in [-0.39, 0.29) is 10.6 Å². The minimum atomic E-state index is -0.987. The summed E-state index contributed by atoms with van der Waals surface area (Å²) in [7, 11) is 0. The van der Waals surface area contributed by atoms with Crippen molar-refractivity contribution >= 4 is 28.7 Å². The highest BCUT2D eigenvalue weighted by molar-refractivity contribution is 7.18. The van der Waals surface area contributed by atoms with Crippen molar-refractivity contribution in [2.75, 3.05) is 11.9 Å². The van der Waals surface area contributed by atoms with E-state index in [1.807, 2.05) is 6.92 Å². The fourth-order valence-corrected chi connectivity index (χ4v) is 2.74. The zero-order valence-electron chi connectivity index (χ0n) is 10.6.